The number of furan rings is 1. The van der Waals surface area contributed by atoms with Crippen molar-refractivity contribution >= 4 is 35.3 Å². The first-order valence-electron chi connectivity index (χ1n) is 8.91. The zero-order chi connectivity index (χ0) is 19.1. The number of hydrogen-bond acceptors (Lipinski definition) is 3. The molecule has 2 aromatic rings. The van der Waals surface area contributed by atoms with Gasteiger partial charge in [0.2, 0.25) is 5.91 Å². The highest BCUT2D eigenvalue weighted by Gasteiger charge is 2.22. The molecule has 0 aliphatic carbocycles. The highest BCUT2D eigenvalue weighted by atomic mass is 35.5. The van der Waals surface area contributed by atoms with E-state index in [9.17, 15) is 9.59 Å². The van der Waals surface area contributed by atoms with Crippen molar-refractivity contribution in [3.63, 3.8) is 0 Å². The molecule has 3 amide bonds. The Kier molecular flexibility index (Phi) is 6.54. The number of rotatable bonds is 5. The summed E-state index contributed by atoms with van der Waals surface area (Å²) in [4.78, 5) is 26.0. The third kappa shape index (κ3) is 5.89. The maximum atomic E-state index is 12.2. The summed E-state index contributed by atoms with van der Waals surface area (Å²) in [5.74, 6) is 1.01. The molecule has 2 N–H and O–H groups in total. The molecule has 0 atom stereocenters. The molecule has 1 aliphatic rings. The molecule has 0 radical (unpaired) electrons. The number of halogens is 1. The summed E-state index contributed by atoms with van der Waals surface area (Å²) in [6.07, 6.45) is 6.52. The van der Waals surface area contributed by atoms with E-state index in [2.05, 4.69) is 10.6 Å². The fourth-order valence-corrected chi connectivity index (χ4v) is 3.07. The predicted molar refractivity (Wildman–Crippen MR) is 106 cm³/mol. The minimum absolute atomic E-state index is 0.0155. The summed E-state index contributed by atoms with van der Waals surface area (Å²) in [5, 5.41) is 6.29. The Morgan fingerprint density at radius 2 is 1.93 bits per heavy atom. The molecule has 1 aromatic heterocycles. The molecule has 0 bridgehead atoms. The molecular formula is C20H22ClN3O3. The Hall–Kier alpha value is -2.73. The van der Waals surface area contributed by atoms with E-state index >= 15 is 0 Å². The van der Waals surface area contributed by atoms with Gasteiger partial charge in [0.1, 0.15) is 5.76 Å². The number of amides is 3. The third-order valence-corrected chi connectivity index (χ3v) is 4.76. The Bertz CT molecular complexity index is 779. The first-order valence-corrected chi connectivity index (χ1v) is 9.29. The van der Waals surface area contributed by atoms with Gasteiger partial charge in [-0.25, -0.2) is 4.79 Å². The van der Waals surface area contributed by atoms with Gasteiger partial charge in [0, 0.05) is 36.4 Å². The van der Waals surface area contributed by atoms with Crippen molar-refractivity contribution < 1.29 is 14.0 Å². The van der Waals surface area contributed by atoms with Gasteiger partial charge in [-0.05, 0) is 61.2 Å². The molecule has 1 saturated heterocycles. The van der Waals surface area contributed by atoms with Crippen LogP contribution >= 0.6 is 11.6 Å². The van der Waals surface area contributed by atoms with E-state index < -0.39 is 0 Å². The van der Waals surface area contributed by atoms with Gasteiger partial charge in [-0.3, -0.25) is 4.79 Å². The monoisotopic (exact) mass is 387 g/mol. The van der Waals surface area contributed by atoms with Gasteiger partial charge in [0.05, 0.1) is 6.26 Å². The average molecular weight is 388 g/mol. The number of likely N-dealkylation sites (tertiary alicyclic amines) is 1. The van der Waals surface area contributed by atoms with Gasteiger partial charge in [-0.15, -0.1) is 0 Å². The normalized spacial score (nSPS) is 15.1. The standard InChI is InChI=1S/C20H22ClN3O3/c21-16-3-5-17(6-4-16)23-20(26)22-14-15-9-11-24(12-10-15)19(25)8-7-18-2-1-13-27-18/h1-8,13,15H,9-12,14H2,(H2,22,23,26)/b8-7+. The van der Waals surface area contributed by atoms with Gasteiger partial charge in [-0.2, -0.15) is 0 Å². The van der Waals surface area contributed by atoms with E-state index in [1.807, 2.05) is 4.90 Å². The van der Waals surface area contributed by atoms with Crippen molar-refractivity contribution in [3.05, 3.63) is 59.5 Å². The summed E-state index contributed by atoms with van der Waals surface area (Å²) in [6, 6.07) is 10.3. The van der Waals surface area contributed by atoms with E-state index in [0.29, 0.717) is 42.0 Å². The van der Waals surface area contributed by atoms with Crippen LogP contribution in [0.5, 0.6) is 0 Å². The van der Waals surface area contributed by atoms with E-state index in [1.165, 1.54) is 6.08 Å². The SMILES string of the molecule is O=C(NCC1CCN(C(=O)/C=C/c2ccco2)CC1)Nc1ccc(Cl)cc1. The number of carbonyl (C=O) groups excluding carboxylic acids is 2. The average Bonchev–Trinajstić information content (AvgIpc) is 3.20. The van der Waals surface area contributed by atoms with Gasteiger partial charge in [0.25, 0.3) is 0 Å². The van der Waals surface area contributed by atoms with Gasteiger partial charge in [0.15, 0.2) is 0 Å². The van der Waals surface area contributed by atoms with Crippen LogP contribution in [0.4, 0.5) is 10.5 Å². The summed E-state index contributed by atoms with van der Waals surface area (Å²) < 4.78 is 5.18. The number of anilines is 1. The summed E-state index contributed by atoms with van der Waals surface area (Å²) in [6.45, 7) is 1.96. The summed E-state index contributed by atoms with van der Waals surface area (Å²) >= 11 is 5.83. The van der Waals surface area contributed by atoms with Crippen molar-refractivity contribution in [2.24, 2.45) is 5.92 Å². The Labute approximate surface area is 163 Å². The largest absolute Gasteiger partial charge is 0.465 e. The van der Waals surface area contributed by atoms with E-state index in [4.69, 9.17) is 16.0 Å². The quantitative estimate of drug-likeness (QED) is 0.761. The van der Waals surface area contributed by atoms with Crippen LogP contribution < -0.4 is 10.6 Å². The molecule has 0 spiro atoms. The second-order valence-corrected chi connectivity index (χ2v) is 6.90. The fraction of sp³-hybridized carbons (Fsp3) is 0.300. The molecule has 27 heavy (non-hydrogen) atoms. The number of benzene rings is 1. The number of piperidine rings is 1. The first-order chi connectivity index (χ1) is 13.1. The minimum atomic E-state index is -0.239. The molecule has 3 rings (SSSR count). The second kappa shape index (κ2) is 9.28. The topological polar surface area (TPSA) is 74.6 Å². The maximum absolute atomic E-state index is 12.2. The lowest BCUT2D eigenvalue weighted by molar-refractivity contribution is -0.127. The Balaban J connectivity index is 1.37. The zero-order valence-corrected chi connectivity index (χ0v) is 15.6. The van der Waals surface area contributed by atoms with Crippen LogP contribution in [0.1, 0.15) is 18.6 Å². The molecule has 1 fully saturated rings. The van der Waals surface area contributed by atoms with Gasteiger partial charge < -0.3 is 20.0 Å². The van der Waals surface area contributed by atoms with Crippen LogP contribution in [-0.2, 0) is 4.79 Å². The predicted octanol–water partition coefficient (Wildman–Crippen LogP) is 4.01. The van der Waals surface area contributed by atoms with Crippen molar-refractivity contribution in [1.29, 1.82) is 0 Å². The fourth-order valence-electron chi connectivity index (χ4n) is 2.95. The molecule has 6 nitrogen and oxygen atoms in total. The smallest absolute Gasteiger partial charge is 0.319 e. The van der Waals surface area contributed by atoms with Crippen molar-refractivity contribution in [2.75, 3.05) is 25.0 Å². The first kappa shape index (κ1) is 19.0. The Morgan fingerprint density at radius 1 is 1.19 bits per heavy atom. The van der Waals surface area contributed by atoms with E-state index in [-0.39, 0.29) is 11.9 Å². The van der Waals surface area contributed by atoms with E-state index in [0.717, 1.165) is 12.8 Å². The van der Waals surface area contributed by atoms with Crippen LogP contribution in [0, 0.1) is 5.92 Å². The number of nitrogens with zero attached hydrogens (tertiary/aromatic N) is 1. The lowest BCUT2D eigenvalue weighted by Gasteiger charge is -2.31. The Morgan fingerprint density at radius 3 is 2.59 bits per heavy atom. The molecule has 7 heteroatoms. The summed E-state index contributed by atoms with van der Waals surface area (Å²) in [7, 11) is 0. The zero-order valence-electron chi connectivity index (χ0n) is 14.9. The number of nitrogens with one attached hydrogen (secondary N) is 2. The lowest BCUT2D eigenvalue weighted by atomic mass is 9.97. The van der Waals surface area contributed by atoms with Crippen LogP contribution in [0.25, 0.3) is 6.08 Å². The molecule has 0 unspecified atom stereocenters. The van der Waals surface area contributed by atoms with Crippen molar-refractivity contribution in [1.82, 2.24) is 10.2 Å². The molecule has 1 aromatic carbocycles. The third-order valence-electron chi connectivity index (χ3n) is 4.51. The molecule has 142 valence electrons. The van der Waals surface area contributed by atoms with E-state index in [1.54, 1.807) is 48.7 Å². The number of urea groups is 1. The highest BCUT2D eigenvalue weighted by molar-refractivity contribution is 6.30. The van der Waals surface area contributed by atoms with Crippen molar-refractivity contribution in [3.8, 4) is 0 Å². The number of carbonyl (C=O) groups is 2. The molecule has 2 heterocycles. The van der Waals surface area contributed by atoms with Gasteiger partial charge in [-0.1, -0.05) is 11.6 Å². The molecule has 0 saturated carbocycles. The maximum Gasteiger partial charge on any atom is 0.319 e. The van der Waals surface area contributed by atoms with Crippen molar-refractivity contribution in [2.45, 2.75) is 12.8 Å². The van der Waals surface area contributed by atoms with Crippen LogP contribution in [0.3, 0.4) is 0 Å². The van der Waals surface area contributed by atoms with Crippen LogP contribution in [-0.4, -0.2) is 36.5 Å². The number of hydrogen-bond donors (Lipinski definition) is 2. The van der Waals surface area contributed by atoms with Crippen LogP contribution in [0.15, 0.2) is 53.2 Å². The summed E-state index contributed by atoms with van der Waals surface area (Å²) in [5.41, 5.74) is 0.695. The molecular weight excluding hydrogens is 366 g/mol. The lowest BCUT2D eigenvalue weighted by Crippen LogP contribution is -2.41. The highest BCUT2D eigenvalue weighted by Crippen LogP contribution is 2.17. The molecule has 1 aliphatic heterocycles. The van der Waals surface area contributed by atoms with Gasteiger partial charge >= 0.3 is 6.03 Å². The minimum Gasteiger partial charge on any atom is -0.465 e. The second-order valence-electron chi connectivity index (χ2n) is 6.46. The van der Waals surface area contributed by atoms with Crippen LogP contribution in [0.2, 0.25) is 5.02 Å².